The van der Waals surface area contributed by atoms with Crippen LogP contribution in [0.4, 0.5) is 15.4 Å². The van der Waals surface area contributed by atoms with Gasteiger partial charge in [-0.15, -0.1) is 12.1 Å². The summed E-state index contributed by atoms with van der Waals surface area (Å²) in [7, 11) is 0. The molecule has 117 heavy (non-hydrogen) atoms. The van der Waals surface area contributed by atoms with Crippen LogP contribution in [0.3, 0.4) is 0 Å². The molecule has 0 spiro atoms. The monoisotopic (exact) mass is 1570 g/mol. The Labute approximate surface area is 689 Å². The first-order valence-corrected chi connectivity index (χ1v) is 37.0. The Morgan fingerprint density at radius 2 is 1.18 bits per heavy atom. The Bertz CT molecular complexity index is 5900. The Morgan fingerprint density at radius 3 is 1.79 bits per heavy atom. The van der Waals surface area contributed by atoms with Gasteiger partial charge in [-0.25, -0.2) is 43.5 Å². The molecule has 0 saturated carbocycles. The van der Waals surface area contributed by atoms with Crippen LogP contribution in [-0.4, -0.2) is 182 Å². The third kappa shape index (κ3) is 19.5. The third-order valence-electron chi connectivity index (χ3n) is 19.3. The van der Waals surface area contributed by atoms with E-state index in [1.54, 1.807) is 113 Å². The first-order chi connectivity index (χ1) is 56.1. The molecular formula is C82H77Li2N18O15+. The minimum Gasteiger partial charge on any atom is -0.587 e. The summed E-state index contributed by atoms with van der Waals surface area (Å²) in [5.74, 6) is -0.961. The fraction of sp³-hybridized carbons (Fsp3) is 0.244. The number of amides is 3. The molecule has 0 radical (unpaired) electrons. The molecule has 2 saturated heterocycles. The minimum absolute atomic E-state index is 0. The summed E-state index contributed by atoms with van der Waals surface area (Å²) in [6.45, 7) is 2.20. The van der Waals surface area contributed by atoms with Gasteiger partial charge in [0.05, 0.1) is 60.1 Å². The smallest absolute Gasteiger partial charge is 0.587 e. The van der Waals surface area contributed by atoms with Crippen LogP contribution in [0, 0.1) is 11.1 Å². The number of hydrogen-bond donors (Lipinski definition) is 8. The number of hydrogen-bond acceptors (Lipinski definition) is 23. The number of aliphatic hydroxyl groups is 2. The molecule has 15 aromatic rings. The number of rotatable bonds is 13. The molecule has 33 nitrogen and oxygen atoms in total. The number of nitrogens with one attached hydrogen (secondary N) is 5. The quantitative estimate of drug-likeness (QED) is 0.0270. The molecule has 5 aliphatic rings. The van der Waals surface area contributed by atoms with Crippen LogP contribution in [-0.2, 0) is 23.7 Å². The van der Waals surface area contributed by atoms with Crippen molar-refractivity contribution in [3.8, 4) is 0 Å². The number of nitrogens with two attached hydrogens (primary N) is 1. The predicted molar refractivity (Wildman–Crippen MR) is 417 cm³/mol. The SMILES string of the molecule is NCC(CC(O)c1cc2cccnc2[nH]1)OC1CCCCO1.O=C([O-])n1[c-]cc2cccnc21.O=C1NCC(OC2CCCCO2)c2cc3cccnc3n21.O=C1c2ccccc2C(=O)N1CC(O)c1cc2cccnc2[nH]1.O=CCC1C(=O)c2cccnc2[N+]1=O.O=c1[nH]ccc2cc3cccnc3n12.[Li+].[Li+].c1cnc2[nH]ccc2c1. The Kier molecular flexibility index (Phi) is 28.3. The number of H-pyrrole nitrogens is 4. The van der Waals surface area contributed by atoms with E-state index in [1.807, 2.05) is 91.1 Å². The van der Waals surface area contributed by atoms with Crippen LogP contribution in [0.25, 0.3) is 71.7 Å². The molecule has 19 heterocycles. The van der Waals surface area contributed by atoms with Gasteiger partial charge >= 0.3 is 55.3 Å². The van der Waals surface area contributed by atoms with Gasteiger partial charge in [0.2, 0.25) is 11.8 Å². The van der Waals surface area contributed by atoms with Crippen LogP contribution >= 0.6 is 0 Å². The molecule has 1 aromatic carbocycles. The minimum atomic E-state index is -1.32. The number of Topliss-reactive ketones (excluding diaryl/α,β-unsaturated/α-hetero) is 1. The number of aromatic amines is 4. The maximum atomic E-state index is 12.3. The molecule has 9 N–H and O–H groups in total. The number of carbonyl (C=O) groups is 6. The fourth-order valence-corrected chi connectivity index (χ4v) is 13.7. The van der Waals surface area contributed by atoms with Gasteiger partial charge in [0, 0.05) is 120 Å². The topological polar surface area (TPSA) is 449 Å². The van der Waals surface area contributed by atoms with E-state index < -0.39 is 24.3 Å². The van der Waals surface area contributed by atoms with Gasteiger partial charge in [0.1, 0.15) is 58.5 Å². The van der Waals surface area contributed by atoms with E-state index in [0.717, 1.165) is 122 Å². The Morgan fingerprint density at radius 1 is 0.624 bits per heavy atom. The maximum Gasteiger partial charge on any atom is 1.00 e. The van der Waals surface area contributed by atoms with Crippen molar-refractivity contribution >= 4 is 114 Å². The van der Waals surface area contributed by atoms with Crippen molar-refractivity contribution < 1.29 is 106 Å². The van der Waals surface area contributed by atoms with Crippen LogP contribution in [0.15, 0.2) is 212 Å². The average Bonchev–Trinajstić information content (AvgIpc) is 1.63. The van der Waals surface area contributed by atoms with Crippen molar-refractivity contribution in [1.29, 1.82) is 0 Å². The standard InChI is InChI=1S/C17H13N3O3.C16H23N3O3.C15H17N3O3.C10H7N3O.C9H7N2O3.C8H5N2O2.C7H6N2.2Li/c21-14(13-8-10-4-3-7-18-15(10)19-13)9-20-16(22)11-5-1-2-6-12(11)17(20)23;17-10-12(22-15-5-1-2-7-21-15)9-14(20)13-8-11-4-3-6-18-16(11)19-13;19-15-17-9-12(21-13-5-1-2-7-20-13)11-8-10-4-3-6-16-14(10)18(11)15;14-10-12-5-3-8-6-7-2-1-4-11-9(7)13(8)10;12-5-3-7-8(13)6-2-1-4-10-9(6)11(7)14;11-8(12)10-5-3-6-2-1-4-9-7(6)10;1-2-6-3-5-9-7(6)8-4-1;;/h1-8,14,21H,9H2,(H,18,19);3-4,6,8,12,14-15,20H,1-2,5,7,9-10,17H2,(H,18,19);3-4,6,8,12-13H,1-2,5,7,9H2,(H,17,19);1-6H,(H,12,14);1-2,4-5,7H,3H2;1-4H,(H,11,12);1-5H,(H,8,9);;/q;;;;+1;-1;;2*+1/p-1. The zero-order valence-electron chi connectivity index (χ0n) is 63.6. The summed E-state index contributed by atoms with van der Waals surface area (Å²) in [6.07, 6.45) is 20.9. The Hall–Kier alpha value is -12.3. The second-order valence-electron chi connectivity index (χ2n) is 26.9. The number of aromatic nitrogens is 14. The van der Waals surface area contributed by atoms with E-state index in [4.69, 9.17) is 24.7 Å². The summed E-state index contributed by atoms with van der Waals surface area (Å²) in [5.41, 5.74) is 13.8. The predicted octanol–water partition coefficient (Wildman–Crippen LogP) is 3.36. The van der Waals surface area contributed by atoms with E-state index in [-0.39, 0.29) is 111 Å². The summed E-state index contributed by atoms with van der Waals surface area (Å²) in [5, 5.41) is 39.8. The number of β-amino-alcohol motifs (C(OH)–C–C–N with tert-alkyl or cyclic N) is 1. The van der Waals surface area contributed by atoms with E-state index in [0.29, 0.717) is 75.5 Å². The van der Waals surface area contributed by atoms with Crippen LogP contribution in [0.2, 0.25) is 0 Å². The van der Waals surface area contributed by atoms with Crippen molar-refractivity contribution in [2.24, 2.45) is 5.73 Å². The molecule has 35 heteroatoms. The van der Waals surface area contributed by atoms with Crippen LogP contribution in [0.1, 0.15) is 118 Å². The number of carbonyl (C=O) groups excluding carboxylic acids is 6. The van der Waals surface area contributed by atoms with Gasteiger partial charge in [-0.1, -0.05) is 34.7 Å². The van der Waals surface area contributed by atoms with Crippen LogP contribution < -0.4 is 59.6 Å². The number of carboxylic acid groups (broad SMARTS) is 1. The molecule has 0 bridgehead atoms. The first kappa shape index (κ1) is 84.1. The summed E-state index contributed by atoms with van der Waals surface area (Å²) in [6, 6.07) is 44.3. The van der Waals surface area contributed by atoms with Gasteiger partial charge < -0.3 is 79.4 Å². The fourth-order valence-electron chi connectivity index (χ4n) is 13.7. The van der Waals surface area contributed by atoms with Crippen molar-refractivity contribution in [3.63, 3.8) is 0 Å². The van der Waals surface area contributed by atoms with E-state index in [1.165, 1.54) is 12.4 Å². The molecular weight excluding hydrogens is 1490 g/mol. The number of nitroso groups, excluding NO2 is 1. The Balaban J connectivity index is 0.000000128. The number of imide groups is 1. The number of benzene rings is 1. The van der Waals surface area contributed by atoms with E-state index in [9.17, 15) is 53.8 Å². The molecule has 2 fully saturated rings. The molecule has 3 amide bonds. The number of ether oxygens (including phenoxy) is 4. The van der Waals surface area contributed by atoms with Crippen molar-refractivity contribution in [1.82, 2.24) is 78.6 Å². The van der Waals surface area contributed by atoms with Gasteiger partial charge in [0.15, 0.2) is 12.6 Å². The molecule has 0 aliphatic carbocycles. The molecule has 586 valence electrons. The third-order valence-corrected chi connectivity index (χ3v) is 19.3. The van der Waals surface area contributed by atoms with Crippen molar-refractivity contribution in [2.75, 3.05) is 32.8 Å². The second kappa shape index (κ2) is 39.3. The molecule has 7 atom stereocenters. The number of ketones is 1. The zero-order valence-corrected chi connectivity index (χ0v) is 63.6. The van der Waals surface area contributed by atoms with Gasteiger partial charge in [-0.05, 0) is 170 Å². The van der Waals surface area contributed by atoms with E-state index in [2.05, 4.69) is 66.3 Å². The number of pyridine rings is 7. The number of aldehydes is 1. The summed E-state index contributed by atoms with van der Waals surface area (Å²) < 4.78 is 27.7. The zero-order chi connectivity index (χ0) is 79.9. The van der Waals surface area contributed by atoms with Gasteiger partial charge in [0.25, 0.3) is 11.8 Å². The summed E-state index contributed by atoms with van der Waals surface area (Å²) in [4.78, 5) is 134. The van der Waals surface area contributed by atoms with E-state index >= 15 is 0 Å². The van der Waals surface area contributed by atoms with Crippen molar-refractivity contribution in [3.05, 3.63) is 263 Å². The second-order valence-corrected chi connectivity index (χ2v) is 26.9. The molecule has 20 rings (SSSR count). The number of fused-ring (bicyclic) bond motifs is 12. The molecule has 5 aliphatic heterocycles. The number of aliphatic hydroxyl groups excluding tert-OH is 2. The molecule has 14 aromatic heterocycles. The van der Waals surface area contributed by atoms with Crippen molar-refractivity contribution in [2.45, 2.75) is 94.4 Å². The largest absolute Gasteiger partial charge is 1.00 e. The van der Waals surface area contributed by atoms with Crippen LogP contribution in [0.5, 0.6) is 0 Å². The number of nitrogens with zero attached hydrogens (tertiary/aromatic N) is 12. The maximum absolute atomic E-state index is 12.3. The van der Waals surface area contributed by atoms with Gasteiger partial charge in [-0.3, -0.25) is 24.3 Å². The normalized spacial score (nSPS) is 17.2. The summed E-state index contributed by atoms with van der Waals surface area (Å²) >= 11 is 0. The average molecular weight is 1570 g/mol. The van der Waals surface area contributed by atoms with Gasteiger partial charge in [-0.2, -0.15) is 0 Å². The first-order valence-electron chi connectivity index (χ1n) is 37.0. The molecule has 7 unspecified atom stereocenters.